The highest BCUT2D eigenvalue weighted by molar-refractivity contribution is 5.94. The fraction of sp³-hybridized carbons (Fsp3) is 0.522. The second-order valence-corrected chi connectivity index (χ2v) is 9.23. The van der Waals surface area contributed by atoms with Gasteiger partial charge in [-0.1, -0.05) is 0 Å². The van der Waals surface area contributed by atoms with Crippen LogP contribution >= 0.6 is 0 Å². The zero-order valence-corrected chi connectivity index (χ0v) is 18.5. The van der Waals surface area contributed by atoms with Gasteiger partial charge in [0, 0.05) is 49.0 Å². The predicted octanol–water partition coefficient (Wildman–Crippen LogP) is 3.29. The molecule has 3 N–H and O–H groups in total. The lowest BCUT2D eigenvalue weighted by atomic mass is 9.98. The Morgan fingerprint density at radius 3 is 2.76 bits per heavy atom. The molecule has 6 rings (SSSR count). The number of morpholine rings is 1. The Morgan fingerprint density at radius 2 is 1.94 bits per heavy atom. The summed E-state index contributed by atoms with van der Waals surface area (Å²) in [6.45, 7) is 4.61. The van der Waals surface area contributed by atoms with Crippen molar-refractivity contribution in [1.82, 2.24) is 25.3 Å². The number of H-pyrrole nitrogens is 1. The van der Waals surface area contributed by atoms with Gasteiger partial charge in [0.15, 0.2) is 0 Å². The molecule has 2 saturated heterocycles. The monoisotopic (exact) mass is 473 g/mol. The molecule has 3 atom stereocenters. The first-order chi connectivity index (χ1) is 16.5. The molecule has 3 unspecified atom stereocenters. The number of halogens is 3. The van der Waals surface area contributed by atoms with Crippen LogP contribution in [0.4, 0.5) is 24.9 Å². The number of alkyl halides is 3. The minimum absolute atomic E-state index is 0.142. The smallest absolute Gasteiger partial charge is 0.378 e. The van der Waals surface area contributed by atoms with Crippen LogP contribution in [-0.4, -0.2) is 65.4 Å². The molecule has 1 aliphatic carbocycles. The van der Waals surface area contributed by atoms with Gasteiger partial charge in [-0.15, -0.1) is 0 Å². The van der Waals surface area contributed by atoms with Gasteiger partial charge >= 0.3 is 6.18 Å². The van der Waals surface area contributed by atoms with Gasteiger partial charge in [-0.05, 0) is 43.4 Å². The molecule has 2 aliphatic heterocycles. The highest BCUT2D eigenvalue weighted by Gasteiger charge is 2.40. The Morgan fingerprint density at radius 1 is 1.09 bits per heavy atom. The summed E-state index contributed by atoms with van der Waals surface area (Å²) in [7, 11) is 0. The van der Waals surface area contributed by atoms with Crippen LogP contribution in [0.1, 0.15) is 18.4 Å². The molecule has 0 amide bonds. The number of hydrogen-bond donors (Lipinski definition) is 3. The molecular formula is C23H26F3N7O. The topological polar surface area (TPSA) is 91.0 Å². The summed E-state index contributed by atoms with van der Waals surface area (Å²) in [6.07, 6.45) is -0.0696. The van der Waals surface area contributed by atoms with Crippen molar-refractivity contribution in [2.24, 2.45) is 11.8 Å². The number of nitrogens with one attached hydrogen (secondary N) is 3. The lowest BCUT2D eigenvalue weighted by Crippen LogP contribution is -2.36. The molecule has 0 radical (unpaired) electrons. The highest BCUT2D eigenvalue weighted by atomic mass is 19.4. The number of fused-ring (bicyclic) bond motifs is 2. The SMILES string of the molecule is FC(F)(F)c1cnc(NC2CCC3CNCC32)nc1-c1c[nH]c2nc(N3CCOCC3)ccc12. The molecule has 0 spiro atoms. The zero-order chi connectivity index (χ0) is 23.3. The summed E-state index contributed by atoms with van der Waals surface area (Å²) in [5, 5.41) is 7.31. The van der Waals surface area contributed by atoms with Crippen LogP contribution in [0.25, 0.3) is 22.3 Å². The van der Waals surface area contributed by atoms with E-state index >= 15 is 0 Å². The summed E-state index contributed by atoms with van der Waals surface area (Å²) in [5.74, 6) is 2.05. The van der Waals surface area contributed by atoms with E-state index in [1.165, 1.54) is 0 Å². The Hall–Kier alpha value is -2.92. The molecular weight excluding hydrogens is 447 g/mol. The summed E-state index contributed by atoms with van der Waals surface area (Å²) in [4.78, 5) is 18.2. The third-order valence-electron chi connectivity index (χ3n) is 7.28. The van der Waals surface area contributed by atoms with Gasteiger partial charge in [-0.3, -0.25) is 0 Å². The van der Waals surface area contributed by atoms with Crippen LogP contribution in [0.3, 0.4) is 0 Å². The van der Waals surface area contributed by atoms with Crippen LogP contribution in [-0.2, 0) is 10.9 Å². The van der Waals surface area contributed by atoms with Crippen LogP contribution in [0.2, 0.25) is 0 Å². The molecule has 8 nitrogen and oxygen atoms in total. The largest absolute Gasteiger partial charge is 0.419 e. The summed E-state index contributed by atoms with van der Waals surface area (Å²) in [5.41, 5.74) is -0.115. The molecule has 3 aromatic rings. The Balaban J connectivity index is 1.36. The maximum absolute atomic E-state index is 13.9. The fourth-order valence-electron chi connectivity index (χ4n) is 5.52. The van der Waals surface area contributed by atoms with Gasteiger partial charge in [0.1, 0.15) is 17.0 Å². The van der Waals surface area contributed by atoms with E-state index < -0.39 is 11.7 Å². The number of ether oxygens (including phenoxy) is 1. The van der Waals surface area contributed by atoms with E-state index in [-0.39, 0.29) is 17.7 Å². The Kier molecular flexibility index (Phi) is 5.33. The molecule has 34 heavy (non-hydrogen) atoms. The van der Waals surface area contributed by atoms with E-state index in [0.717, 1.165) is 51.0 Å². The van der Waals surface area contributed by atoms with E-state index in [1.807, 2.05) is 6.07 Å². The molecule has 0 bridgehead atoms. The predicted molar refractivity (Wildman–Crippen MR) is 122 cm³/mol. The highest BCUT2D eigenvalue weighted by Crippen LogP contribution is 2.40. The third kappa shape index (κ3) is 3.86. The van der Waals surface area contributed by atoms with Crippen LogP contribution < -0.4 is 15.5 Å². The van der Waals surface area contributed by atoms with Crippen molar-refractivity contribution in [2.45, 2.75) is 25.1 Å². The Bertz CT molecular complexity index is 1190. The summed E-state index contributed by atoms with van der Waals surface area (Å²) >= 11 is 0. The first-order valence-corrected chi connectivity index (χ1v) is 11.7. The maximum Gasteiger partial charge on any atom is 0.419 e. The lowest BCUT2D eigenvalue weighted by molar-refractivity contribution is -0.137. The normalized spacial score (nSPS) is 25.1. The van der Waals surface area contributed by atoms with Gasteiger partial charge in [0.05, 0.1) is 18.9 Å². The number of aromatic amines is 1. The first-order valence-electron chi connectivity index (χ1n) is 11.7. The molecule has 3 fully saturated rings. The number of rotatable bonds is 4. The van der Waals surface area contributed by atoms with E-state index in [9.17, 15) is 13.2 Å². The lowest BCUT2D eigenvalue weighted by Gasteiger charge is -2.27. The van der Waals surface area contributed by atoms with Crippen molar-refractivity contribution in [3.63, 3.8) is 0 Å². The van der Waals surface area contributed by atoms with Crippen LogP contribution in [0.15, 0.2) is 24.5 Å². The van der Waals surface area contributed by atoms with Gasteiger partial charge in [0.25, 0.3) is 0 Å². The fourth-order valence-corrected chi connectivity index (χ4v) is 5.52. The zero-order valence-electron chi connectivity index (χ0n) is 18.5. The van der Waals surface area contributed by atoms with E-state index in [1.54, 1.807) is 12.3 Å². The number of hydrogen-bond acceptors (Lipinski definition) is 7. The number of nitrogens with zero attached hydrogens (tertiary/aromatic N) is 4. The molecule has 11 heteroatoms. The minimum Gasteiger partial charge on any atom is -0.378 e. The standard InChI is InChI=1S/C23H26F3N7O/c24-23(25,26)17-12-29-22(30-18-3-1-13-9-27-10-15(13)18)32-20(17)16-11-28-21-14(16)2-4-19(31-21)33-5-7-34-8-6-33/h2,4,11-13,15,18,27H,1,3,5-10H2,(H,28,31)(H,29,30,32). The third-order valence-corrected chi connectivity index (χ3v) is 7.28. The van der Waals surface area contributed by atoms with Gasteiger partial charge < -0.3 is 25.3 Å². The molecule has 5 heterocycles. The van der Waals surface area contributed by atoms with Gasteiger partial charge in [0.2, 0.25) is 5.95 Å². The molecule has 1 saturated carbocycles. The van der Waals surface area contributed by atoms with Crippen molar-refractivity contribution in [1.29, 1.82) is 0 Å². The van der Waals surface area contributed by atoms with Crippen molar-refractivity contribution in [3.05, 3.63) is 30.1 Å². The van der Waals surface area contributed by atoms with Crippen molar-refractivity contribution in [2.75, 3.05) is 49.6 Å². The number of anilines is 2. The molecule has 3 aliphatic rings. The van der Waals surface area contributed by atoms with E-state index in [2.05, 4.69) is 35.5 Å². The van der Waals surface area contributed by atoms with Crippen LogP contribution in [0.5, 0.6) is 0 Å². The first kappa shape index (κ1) is 21.6. The summed E-state index contributed by atoms with van der Waals surface area (Å²) < 4.78 is 47.1. The van der Waals surface area contributed by atoms with Crippen molar-refractivity contribution < 1.29 is 17.9 Å². The van der Waals surface area contributed by atoms with E-state index in [0.29, 0.717) is 41.6 Å². The number of pyridine rings is 1. The van der Waals surface area contributed by atoms with Gasteiger partial charge in [-0.25, -0.2) is 15.0 Å². The van der Waals surface area contributed by atoms with Crippen molar-refractivity contribution in [3.8, 4) is 11.3 Å². The van der Waals surface area contributed by atoms with Crippen LogP contribution in [0, 0.1) is 11.8 Å². The second-order valence-electron chi connectivity index (χ2n) is 9.23. The molecule has 180 valence electrons. The average Bonchev–Trinajstić information content (AvgIpc) is 3.56. The quantitative estimate of drug-likeness (QED) is 0.536. The molecule has 3 aromatic heterocycles. The average molecular weight is 474 g/mol. The minimum atomic E-state index is -4.58. The van der Waals surface area contributed by atoms with Gasteiger partial charge in [-0.2, -0.15) is 13.2 Å². The maximum atomic E-state index is 13.9. The second kappa shape index (κ2) is 8.38. The molecule has 0 aromatic carbocycles. The summed E-state index contributed by atoms with van der Waals surface area (Å²) in [6, 6.07) is 3.80. The van der Waals surface area contributed by atoms with Crippen molar-refractivity contribution >= 4 is 22.8 Å². The van der Waals surface area contributed by atoms with E-state index in [4.69, 9.17) is 4.74 Å². The Labute approximate surface area is 194 Å². The number of aromatic nitrogens is 4.